The van der Waals surface area contributed by atoms with Gasteiger partial charge in [-0.1, -0.05) is 13.8 Å². The Bertz CT molecular complexity index is 977. The Morgan fingerprint density at radius 2 is 1.63 bits per heavy atom. The molecule has 0 saturated carbocycles. The summed E-state index contributed by atoms with van der Waals surface area (Å²) in [4.78, 5) is 12.5. The molecule has 0 aliphatic rings. The average Bonchev–Trinajstić information content (AvgIpc) is 2.71. The fraction of sp³-hybridized carbons (Fsp3) is 0.381. The third-order valence-corrected chi connectivity index (χ3v) is 6.50. The Balaban J connectivity index is 2.47. The number of amides is 1. The lowest BCUT2D eigenvalue weighted by Crippen LogP contribution is -2.45. The van der Waals surface area contributed by atoms with Crippen molar-refractivity contribution in [2.75, 3.05) is 25.1 Å². The van der Waals surface area contributed by atoms with Crippen LogP contribution in [0, 0.1) is 11.7 Å². The second kappa shape index (κ2) is 9.80. The standard InChI is InChI=1S/C21H27FN2O5S/c1-14(2)15(3)23-21(25)13-24(17-8-6-16(22)7-9-17)30(26,27)18-10-11-19(28-4)20(12-18)29-5/h6-12,14-15H,13H2,1-5H3,(H,23,25). The first-order chi connectivity index (χ1) is 14.1. The van der Waals surface area contributed by atoms with Crippen LogP contribution < -0.4 is 19.1 Å². The number of halogens is 1. The molecule has 0 aliphatic heterocycles. The van der Waals surface area contributed by atoms with Gasteiger partial charge in [0, 0.05) is 12.1 Å². The largest absolute Gasteiger partial charge is 0.493 e. The van der Waals surface area contributed by atoms with Gasteiger partial charge in [0.1, 0.15) is 12.4 Å². The Morgan fingerprint density at radius 1 is 1.03 bits per heavy atom. The summed E-state index contributed by atoms with van der Waals surface area (Å²) >= 11 is 0. The van der Waals surface area contributed by atoms with Gasteiger partial charge in [0.25, 0.3) is 10.0 Å². The fourth-order valence-corrected chi connectivity index (χ4v) is 4.06. The maximum atomic E-state index is 13.4. The van der Waals surface area contributed by atoms with Gasteiger partial charge in [-0.3, -0.25) is 9.10 Å². The first-order valence-corrected chi connectivity index (χ1v) is 10.8. The number of sulfonamides is 1. The van der Waals surface area contributed by atoms with E-state index in [9.17, 15) is 17.6 Å². The van der Waals surface area contributed by atoms with Crippen molar-refractivity contribution in [2.24, 2.45) is 5.92 Å². The fourth-order valence-electron chi connectivity index (χ4n) is 2.62. The number of carbonyl (C=O) groups excluding carboxylic acids is 1. The highest BCUT2D eigenvalue weighted by atomic mass is 32.2. The molecule has 0 fully saturated rings. The van der Waals surface area contributed by atoms with Gasteiger partial charge in [-0.25, -0.2) is 12.8 Å². The van der Waals surface area contributed by atoms with Crippen LogP contribution in [0.25, 0.3) is 0 Å². The molecule has 0 heterocycles. The first kappa shape index (κ1) is 23.5. The minimum absolute atomic E-state index is 0.0887. The molecule has 0 radical (unpaired) electrons. The van der Waals surface area contributed by atoms with E-state index in [0.717, 1.165) is 16.4 Å². The molecule has 1 N–H and O–H groups in total. The van der Waals surface area contributed by atoms with Crippen molar-refractivity contribution in [3.63, 3.8) is 0 Å². The molecule has 2 aromatic carbocycles. The highest BCUT2D eigenvalue weighted by Crippen LogP contribution is 2.32. The number of benzene rings is 2. The molecule has 7 nitrogen and oxygen atoms in total. The Morgan fingerprint density at radius 3 is 2.17 bits per heavy atom. The van der Waals surface area contributed by atoms with Crippen LogP contribution in [-0.2, 0) is 14.8 Å². The Kier molecular flexibility index (Phi) is 7.66. The Labute approximate surface area is 176 Å². The average molecular weight is 439 g/mol. The number of anilines is 1. The van der Waals surface area contributed by atoms with Crippen molar-refractivity contribution in [1.29, 1.82) is 0 Å². The molecular weight excluding hydrogens is 411 g/mol. The second-order valence-corrected chi connectivity index (χ2v) is 8.97. The molecule has 2 aromatic rings. The maximum absolute atomic E-state index is 13.4. The summed E-state index contributed by atoms with van der Waals surface area (Å²) < 4.78 is 51.5. The van der Waals surface area contributed by atoms with Crippen molar-refractivity contribution in [3.05, 3.63) is 48.3 Å². The van der Waals surface area contributed by atoms with E-state index < -0.39 is 28.3 Å². The summed E-state index contributed by atoms with van der Waals surface area (Å²) in [5, 5.41) is 2.79. The third kappa shape index (κ3) is 5.41. The highest BCUT2D eigenvalue weighted by Gasteiger charge is 2.29. The summed E-state index contributed by atoms with van der Waals surface area (Å²) in [6.45, 7) is 5.28. The number of nitrogens with one attached hydrogen (secondary N) is 1. The molecule has 30 heavy (non-hydrogen) atoms. The van der Waals surface area contributed by atoms with E-state index in [2.05, 4.69) is 5.32 Å². The summed E-state index contributed by atoms with van der Waals surface area (Å²) in [6.07, 6.45) is 0. The molecular formula is C21H27FN2O5S. The predicted octanol–water partition coefficient (Wildman–Crippen LogP) is 3.20. The normalized spacial score (nSPS) is 12.4. The summed E-state index contributed by atoms with van der Waals surface area (Å²) in [5.74, 6) is -0.204. The van der Waals surface area contributed by atoms with Crippen LogP contribution in [0.1, 0.15) is 20.8 Å². The highest BCUT2D eigenvalue weighted by molar-refractivity contribution is 7.92. The van der Waals surface area contributed by atoms with Gasteiger partial charge in [0.05, 0.1) is 24.8 Å². The van der Waals surface area contributed by atoms with Crippen LogP contribution in [0.15, 0.2) is 47.4 Å². The number of carbonyl (C=O) groups is 1. The third-order valence-electron chi connectivity index (χ3n) is 4.73. The van der Waals surface area contributed by atoms with Crippen molar-refractivity contribution < 1.29 is 27.1 Å². The monoisotopic (exact) mass is 438 g/mol. The van der Waals surface area contributed by atoms with Gasteiger partial charge in [-0.15, -0.1) is 0 Å². The molecule has 1 amide bonds. The van der Waals surface area contributed by atoms with Crippen LogP contribution in [0.3, 0.4) is 0 Å². The molecule has 2 rings (SSSR count). The van der Waals surface area contributed by atoms with Crippen LogP contribution in [-0.4, -0.2) is 41.1 Å². The molecule has 0 spiro atoms. The van der Waals surface area contributed by atoms with Crippen LogP contribution in [0.4, 0.5) is 10.1 Å². The zero-order valence-electron chi connectivity index (χ0n) is 17.7. The lowest BCUT2D eigenvalue weighted by Gasteiger charge is -2.26. The number of hydrogen-bond donors (Lipinski definition) is 1. The van der Waals surface area contributed by atoms with E-state index in [1.54, 1.807) is 0 Å². The molecule has 0 aromatic heterocycles. The summed E-state index contributed by atoms with van der Waals surface area (Å²) in [5.41, 5.74) is 0.165. The van der Waals surface area contributed by atoms with Gasteiger partial charge < -0.3 is 14.8 Å². The number of methoxy groups -OCH3 is 2. The van der Waals surface area contributed by atoms with E-state index in [1.807, 2.05) is 20.8 Å². The summed E-state index contributed by atoms with van der Waals surface area (Å²) in [6, 6.07) is 8.91. The van der Waals surface area contributed by atoms with Gasteiger partial charge in [-0.2, -0.15) is 0 Å². The van der Waals surface area contributed by atoms with Crippen molar-refractivity contribution in [2.45, 2.75) is 31.7 Å². The summed E-state index contributed by atoms with van der Waals surface area (Å²) in [7, 11) is -1.32. The maximum Gasteiger partial charge on any atom is 0.264 e. The van der Waals surface area contributed by atoms with E-state index in [4.69, 9.17) is 9.47 Å². The topological polar surface area (TPSA) is 84.9 Å². The number of hydrogen-bond acceptors (Lipinski definition) is 5. The lowest BCUT2D eigenvalue weighted by molar-refractivity contribution is -0.120. The van der Waals surface area contributed by atoms with Crippen molar-refractivity contribution in [1.82, 2.24) is 5.32 Å². The number of ether oxygens (including phenoxy) is 2. The SMILES string of the molecule is COc1ccc(S(=O)(=O)N(CC(=O)NC(C)C(C)C)c2ccc(F)cc2)cc1OC. The molecule has 0 bridgehead atoms. The lowest BCUT2D eigenvalue weighted by atomic mass is 10.1. The van der Waals surface area contributed by atoms with Crippen LogP contribution in [0.2, 0.25) is 0 Å². The van der Waals surface area contributed by atoms with Gasteiger partial charge in [0.15, 0.2) is 11.5 Å². The van der Waals surface area contributed by atoms with E-state index in [1.165, 1.54) is 44.6 Å². The number of rotatable bonds is 9. The minimum Gasteiger partial charge on any atom is -0.493 e. The molecule has 1 atom stereocenters. The number of nitrogens with zero attached hydrogens (tertiary/aromatic N) is 1. The molecule has 0 saturated heterocycles. The van der Waals surface area contributed by atoms with E-state index >= 15 is 0 Å². The minimum atomic E-state index is -4.16. The van der Waals surface area contributed by atoms with Crippen LogP contribution in [0.5, 0.6) is 11.5 Å². The van der Waals surface area contributed by atoms with Crippen molar-refractivity contribution >= 4 is 21.6 Å². The quantitative estimate of drug-likeness (QED) is 0.650. The second-order valence-electron chi connectivity index (χ2n) is 7.11. The molecule has 164 valence electrons. The first-order valence-electron chi connectivity index (χ1n) is 9.39. The Hall–Kier alpha value is -2.81. The van der Waals surface area contributed by atoms with Gasteiger partial charge in [0.2, 0.25) is 5.91 Å². The van der Waals surface area contributed by atoms with E-state index in [-0.39, 0.29) is 28.3 Å². The van der Waals surface area contributed by atoms with Crippen molar-refractivity contribution in [3.8, 4) is 11.5 Å². The molecule has 0 aliphatic carbocycles. The van der Waals surface area contributed by atoms with Crippen LogP contribution >= 0.6 is 0 Å². The molecule has 9 heteroatoms. The zero-order chi connectivity index (χ0) is 22.5. The zero-order valence-corrected chi connectivity index (χ0v) is 18.5. The van der Waals surface area contributed by atoms with E-state index in [0.29, 0.717) is 5.75 Å². The van der Waals surface area contributed by atoms with Gasteiger partial charge in [-0.05, 0) is 49.2 Å². The predicted molar refractivity (Wildman–Crippen MR) is 113 cm³/mol. The van der Waals surface area contributed by atoms with Gasteiger partial charge >= 0.3 is 0 Å². The molecule has 1 unspecified atom stereocenters. The smallest absolute Gasteiger partial charge is 0.264 e.